The fourth-order valence-corrected chi connectivity index (χ4v) is 4.51. The number of ether oxygens (including phenoxy) is 1. The molecule has 3 aromatic rings. The topological polar surface area (TPSA) is 63.7 Å². The SMILES string of the molecule is O=C(OC1=CN(Cc2ccccc2)S(=O)(=O)c2ccccc21)c1ccc(F)cc1. The van der Waals surface area contributed by atoms with Crippen LogP contribution in [0.15, 0.2) is 90.0 Å². The summed E-state index contributed by atoms with van der Waals surface area (Å²) in [7, 11) is -3.80. The van der Waals surface area contributed by atoms with Gasteiger partial charge in [-0.1, -0.05) is 42.5 Å². The highest BCUT2D eigenvalue weighted by atomic mass is 32.2. The van der Waals surface area contributed by atoms with E-state index in [-0.39, 0.29) is 22.8 Å². The lowest BCUT2D eigenvalue weighted by molar-refractivity contribution is 0.0688. The van der Waals surface area contributed by atoms with Crippen molar-refractivity contribution < 1.29 is 22.3 Å². The van der Waals surface area contributed by atoms with E-state index in [1.807, 2.05) is 30.3 Å². The van der Waals surface area contributed by atoms with Crippen LogP contribution in [0.25, 0.3) is 5.76 Å². The molecule has 0 saturated carbocycles. The van der Waals surface area contributed by atoms with Gasteiger partial charge in [-0.05, 0) is 42.0 Å². The van der Waals surface area contributed by atoms with Gasteiger partial charge in [0.1, 0.15) is 5.82 Å². The van der Waals surface area contributed by atoms with Gasteiger partial charge in [0.2, 0.25) is 0 Å². The fourth-order valence-electron chi connectivity index (χ4n) is 3.01. The van der Waals surface area contributed by atoms with Crippen molar-refractivity contribution in [3.8, 4) is 0 Å². The van der Waals surface area contributed by atoms with Gasteiger partial charge in [0.05, 0.1) is 23.2 Å². The lowest BCUT2D eigenvalue weighted by atomic mass is 10.1. The van der Waals surface area contributed by atoms with Gasteiger partial charge < -0.3 is 4.74 Å². The van der Waals surface area contributed by atoms with Crippen molar-refractivity contribution in [2.75, 3.05) is 0 Å². The zero-order valence-corrected chi connectivity index (χ0v) is 16.0. The molecule has 0 spiro atoms. The predicted molar refractivity (Wildman–Crippen MR) is 105 cm³/mol. The normalized spacial score (nSPS) is 14.7. The molecule has 3 aromatic carbocycles. The first-order valence-electron chi connectivity index (χ1n) is 8.80. The standard InChI is InChI=1S/C22H16FNO4S/c23-18-12-10-17(11-13-18)22(25)28-20-15-24(14-16-6-2-1-3-7-16)29(26,27)21-9-5-4-8-19(20)21/h1-13,15H,14H2. The highest BCUT2D eigenvalue weighted by molar-refractivity contribution is 7.89. The minimum absolute atomic E-state index is 0.0559. The van der Waals surface area contributed by atoms with Crippen molar-refractivity contribution >= 4 is 21.8 Å². The largest absolute Gasteiger partial charge is 0.421 e. The average molecular weight is 409 g/mol. The van der Waals surface area contributed by atoms with E-state index in [4.69, 9.17) is 4.74 Å². The maximum atomic E-state index is 13.1. The van der Waals surface area contributed by atoms with Crippen LogP contribution in [-0.2, 0) is 21.3 Å². The molecule has 0 N–H and O–H groups in total. The summed E-state index contributed by atoms with van der Waals surface area (Å²) in [6, 6.07) is 20.4. The number of sulfonamides is 1. The van der Waals surface area contributed by atoms with Gasteiger partial charge in [0, 0.05) is 5.56 Å². The summed E-state index contributed by atoms with van der Waals surface area (Å²) in [5.74, 6) is -1.06. The lowest BCUT2D eigenvalue weighted by Gasteiger charge is -2.27. The number of rotatable bonds is 4. The second kappa shape index (κ2) is 7.52. The first kappa shape index (κ1) is 18.9. The Morgan fingerprint density at radius 1 is 0.897 bits per heavy atom. The molecule has 0 unspecified atom stereocenters. The number of hydrogen-bond acceptors (Lipinski definition) is 4. The third-order valence-electron chi connectivity index (χ3n) is 4.46. The van der Waals surface area contributed by atoms with Crippen LogP contribution in [-0.4, -0.2) is 18.7 Å². The van der Waals surface area contributed by atoms with Crippen LogP contribution in [0.5, 0.6) is 0 Å². The summed E-state index contributed by atoms with van der Waals surface area (Å²) in [5, 5.41) is 0. The molecule has 0 atom stereocenters. The summed E-state index contributed by atoms with van der Waals surface area (Å²) in [4.78, 5) is 12.6. The van der Waals surface area contributed by atoms with Crippen LogP contribution in [0, 0.1) is 5.82 Å². The molecule has 1 heterocycles. The first-order chi connectivity index (χ1) is 13.9. The van der Waals surface area contributed by atoms with Crippen LogP contribution in [0.2, 0.25) is 0 Å². The molecule has 0 aromatic heterocycles. The number of hydrogen-bond donors (Lipinski definition) is 0. The number of benzene rings is 3. The molecule has 5 nitrogen and oxygen atoms in total. The van der Waals surface area contributed by atoms with Crippen LogP contribution in [0.4, 0.5) is 4.39 Å². The summed E-state index contributed by atoms with van der Waals surface area (Å²) in [5.41, 5.74) is 1.25. The number of esters is 1. The van der Waals surface area contributed by atoms with Gasteiger partial charge in [-0.25, -0.2) is 17.6 Å². The van der Waals surface area contributed by atoms with Gasteiger partial charge in [0.25, 0.3) is 10.0 Å². The van der Waals surface area contributed by atoms with Gasteiger partial charge in [0.15, 0.2) is 5.76 Å². The molecule has 146 valence electrons. The minimum atomic E-state index is -3.80. The molecule has 1 aliphatic rings. The Labute approximate surface area is 167 Å². The van der Waals surface area contributed by atoms with Gasteiger partial charge in [-0.15, -0.1) is 0 Å². The quantitative estimate of drug-likeness (QED) is 0.607. The van der Waals surface area contributed by atoms with Crippen LogP contribution in [0.3, 0.4) is 0 Å². The molecular formula is C22H16FNO4S. The summed E-state index contributed by atoms with van der Waals surface area (Å²) in [6.07, 6.45) is 1.31. The zero-order valence-electron chi connectivity index (χ0n) is 15.2. The monoisotopic (exact) mass is 409 g/mol. The predicted octanol–water partition coefficient (Wildman–Crippen LogP) is 4.19. The van der Waals surface area contributed by atoms with E-state index < -0.39 is 21.8 Å². The van der Waals surface area contributed by atoms with E-state index in [1.54, 1.807) is 18.2 Å². The number of halogens is 1. The first-order valence-corrected chi connectivity index (χ1v) is 10.2. The second-order valence-corrected chi connectivity index (χ2v) is 8.28. The number of carbonyl (C=O) groups excluding carboxylic acids is 1. The minimum Gasteiger partial charge on any atom is -0.421 e. The average Bonchev–Trinajstić information content (AvgIpc) is 2.73. The van der Waals surface area contributed by atoms with Crippen molar-refractivity contribution in [1.82, 2.24) is 4.31 Å². The van der Waals surface area contributed by atoms with E-state index in [1.165, 1.54) is 24.4 Å². The van der Waals surface area contributed by atoms with Crippen molar-refractivity contribution in [2.24, 2.45) is 0 Å². The zero-order chi connectivity index (χ0) is 20.4. The van der Waals surface area contributed by atoms with E-state index in [9.17, 15) is 17.6 Å². The molecule has 0 saturated heterocycles. The van der Waals surface area contributed by atoms with Crippen molar-refractivity contribution in [2.45, 2.75) is 11.4 Å². The van der Waals surface area contributed by atoms with E-state index >= 15 is 0 Å². The van der Waals surface area contributed by atoms with Gasteiger partial charge in [-0.2, -0.15) is 0 Å². The van der Waals surface area contributed by atoms with Crippen molar-refractivity contribution in [1.29, 1.82) is 0 Å². The molecule has 29 heavy (non-hydrogen) atoms. The Balaban J connectivity index is 1.72. The number of carbonyl (C=O) groups is 1. The molecule has 1 aliphatic heterocycles. The molecular weight excluding hydrogens is 393 g/mol. The molecule has 0 fully saturated rings. The van der Waals surface area contributed by atoms with Crippen LogP contribution >= 0.6 is 0 Å². The Morgan fingerprint density at radius 2 is 1.55 bits per heavy atom. The Morgan fingerprint density at radius 3 is 2.28 bits per heavy atom. The second-order valence-electron chi connectivity index (χ2n) is 6.42. The lowest BCUT2D eigenvalue weighted by Crippen LogP contribution is -2.30. The molecule has 0 bridgehead atoms. The Hall–Kier alpha value is -3.45. The number of nitrogens with zero attached hydrogens (tertiary/aromatic N) is 1. The van der Waals surface area contributed by atoms with E-state index in [2.05, 4.69) is 0 Å². The Bertz CT molecular complexity index is 1190. The molecule has 0 amide bonds. The summed E-state index contributed by atoms with van der Waals surface area (Å²) >= 11 is 0. The Kier molecular flexibility index (Phi) is 4.90. The fraction of sp³-hybridized carbons (Fsp3) is 0.0455. The third kappa shape index (κ3) is 3.77. The third-order valence-corrected chi connectivity index (χ3v) is 6.23. The molecule has 0 aliphatic carbocycles. The summed E-state index contributed by atoms with van der Waals surface area (Å²) in [6.45, 7) is 0.0924. The molecule has 7 heteroatoms. The molecule has 4 rings (SSSR count). The van der Waals surface area contributed by atoms with E-state index in [0.717, 1.165) is 22.0 Å². The maximum Gasteiger partial charge on any atom is 0.343 e. The highest BCUT2D eigenvalue weighted by Crippen LogP contribution is 2.34. The molecule has 0 radical (unpaired) electrons. The highest BCUT2D eigenvalue weighted by Gasteiger charge is 2.32. The van der Waals surface area contributed by atoms with Gasteiger partial charge >= 0.3 is 5.97 Å². The van der Waals surface area contributed by atoms with Crippen LogP contribution in [0.1, 0.15) is 21.5 Å². The summed E-state index contributed by atoms with van der Waals surface area (Å²) < 4.78 is 45.9. The van der Waals surface area contributed by atoms with Crippen molar-refractivity contribution in [3.05, 3.63) is 108 Å². The number of fused-ring (bicyclic) bond motifs is 1. The maximum absolute atomic E-state index is 13.1. The van der Waals surface area contributed by atoms with Crippen LogP contribution < -0.4 is 0 Å². The van der Waals surface area contributed by atoms with Crippen molar-refractivity contribution in [3.63, 3.8) is 0 Å². The smallest absolute Gasteiger partial charge is 0.343 e. The van der Waals surface area contributed by atoms with Gasteiger partial charge in [-0.3, -0.25) is 4.31 Å². The van der Waals surface area contributed by atoms with E-state index in [0.29, 0.717) is 5.56 Å².